The van der Waals surface area contributed by atoms with Crippen molar-refractivity contribution in [1.29, 1.82) is 0 Å². The van der Waals surface area contributed by atoms with E-state index in [0.29, 0.717) is 5.69 Å². The topological polar surface area (TPSA) is 41.4 Å². The van der Waals surface area contributed by atoms with E-state index in [0.717, 1.165) is 37.9 Å². The number of aryl methyl sites for hydroxylation is 2. The summed E-state index contributed by atoms with van der Waals surface area (Å²) in [5, 5.41) is 4.26. The van der Waals surface area contributed by atoms with Crippen LogP contribution in [-0.2, 0) is 7.05 Å². The highest BCUT2D eigenvalue weighted by Crippen LogP contribution is 2.24. The molecule has 1 aliphatic carbocycles. The highest BCUT2D eigenvalue weighted by atomic mass is 16.2. The lowest BCUT2D eigenvalue weighted by Gasteiger charge is -2.38. The molecule has 1 saturated carbocycles. The largest absolute Gasteiger partial charge is 0.335 e. The molecule has 2 fully saturated rings. The van der Waals surface area contributed by atoms with Crippen molar-refractivity contribution in [2.24, 2.45) is 7.05 Å². The lowest BCUT2D eigenvalue weighted by atomic mass is 10.1. The van der Waals surface area contributed by atoms with Crippen molar-refractivity contribution in [3.8, 4) is 0 Å². The van der Waals surface area contributed by atoms with Crippen molar-refractivity contribution in [3.63, 3.8) is 0 Å². The summed E-state index contributed by atoms with van der Waals surface area (Å²) in [6.07, 6.45) is 5.43. The fourth-order valence-electron chi connectivity index (χ4n) is 3.53. The van der Waals surface area contributed by atoms with E-state index < -0.39 is 0 Å². The molecule has 5 nitrogen and oxygen atoms in total. The maximum atomic E-state index is 12.5. The van der Waals surface area contributed by atoms with Crippen LogP contribution in [-0.4, -0.2) is 57.7 Å². The average molecular weight is 276 g/mol. The maximum absolute atomic E-state index is 12.5. The summed E-state index contributed by atoms with van der Waals surface area (Å²) in [5.74, 6) is 0.124. The molecule has 1 amide bonds. The Labute approximate surface area is 120 Å². The van der Waals surface area contributed by atoms with Crippen LogP contribution in [0, 0.1) is 6.92 Å². The van der Waals surface area contributed by atoms with Gasteiger partial charge in [-0.25, -0.2) is 0 Å². The Morgan fingerprint density at radius 3 is 2.40 bits per heavy atom. The molecule has 1 aliphatic heterocycles. The van der Waals surface area contributed by atoms with Crippen molar-refractivity contribution in [2.75, 3.05) is 26.2 Å². The van der Waals surface area contributed by atoms with Crippen molar-refractivity contribution in [2.45, 2.75) is 38.6 Å². The molecule has 110 valence electrons. The van der Waals surface area contributed by atoms with Gasteiger partial charge in [-0.05, 0) is 25.8 Å². The molecule has 0 aromatic carbocycles. The number of hydrogen-bond donors (Lipinski definition) is 0. The summed E-state index contributed by atoms with van der Waals surface area (Å²) in [5.41, 5.74) is 1.61. The summed E-state index contributed by atoms with van der Waals surface area (Å²) < 4.78 is 1.70. The zero-order chi connectivity index (χ0) is 14.1. The van der Waals surface area contributed by atoms with E-state index in [1.807, 2.05) is 24.9 Å². The zero-order valence-corrected chi connectivity index (χ0v) is 12.5. The fraction of sp³-hybridized carbons (Fsp3) is 0.733. The molecule has 3 rings (SSSR count). The van der Waals surface area contributed by atoms with Crippen LogP contribution in [0.15, 0.2) is 6.07 Å². The first-order valence-corrected chi connectivity index (χ1v) is 7.69. The van der Waals surface area contributed by atoms with E-state index in [2.05, 4.69) is 10.00 Å². The molecule has 0 N–H and O–H groups in total. The van der Waals surface area contributed by atoms with Crippen LogP contribution in [0.3, 0.4) is 0 Å². The summed E-state index contributed by atoms with van der Waals surface area (Å²) in [4.78, 5) is 17.1. The molecular formula is C15H24N4O. The van der Waals surface area contributed by atoms with Gasteiger partial charge in [0.2, 0.25) is 0 Å². The second kappa shape index (κ2) is 5.56. The Hall–Kier alpha value is -1.36. The third-order valence-corrected chi connectivity index (χ3v) is 4.66. The Morgan fingerprint density at radius 1 is 1.20 bits per heavy atom. The van der Waals surface area contributed by atoms with Gasteiger partial charge in [0.1, 0.15) is 5.69 Å². The standard InChI is InChI=1S/C15H24N4O/c1-12-11-14(17(2)16-12)15(20)19-9-7-18(8-10-19)13-5-3-4-6-13/h11,13H,3-10H2,1-2H3. The monoisotopic (exact) mass is 276 g/mol. The van der Waals surface area contributed by atoms with Gasteiger partial charge in [0, 0.05) is 39.3 Å². The van der Waals surface area contributed by atoms with Gasteiger partial charge in [-0.2, -0.15) is 5.10 Å². The molecule has 0 atom stereocenters. The molecular weight excluding hydrogens is 252 g/mol. The number of aromatic nitrogens is 2. The number of carbonyl (C=O) groups excluding carboxylic acids is 1. The summed E-state index contributed by atoms with van der Waals surface area (Å²) in [6.45, 7) is 5.66. The van der Waals surface area contributed by atoms with Crippen molar-refractivity contribution < 1.29 is 4.79 Å². The molecule has 0 radical (unpaired) electrons. The Balaban J connectivity index is 1.60. The summed E-state index contributed by atoms with van der Waals surface area (Å²) >= 11 is 0. The van der Waals surface area contributed by atoms with Gasteiger partial charge in [0.05, 0.1) is 5.69 Å². The van der Waals surface area contributed by atoms with Gasteiger partial charge in [-0.3, -0.25) is 14.4 Å². The molecule has 1 aromatic heterocycles. The predicted molar refractivity (Wildman–Crippen MR) is 77.7 cm³/mol. The Bertz CT molecular complexity index is 482. The average Bonchev–Trinajstić information content (AvgIpc) is 3.08. The number of nitrogens with zero attached hydrogens (tertiary/aromatic N) is 4. The van der Waals surface area contributed by atoms with Gasteiger partial charge in [-0.1, -0.05) is 12.8 Å². The minimum Gasteiger partial charge on any atom is -0.335 e. The first-order chi connectivity index (χ1) is 9.65. The number of piperazine rings is 1. The highest BCUT2D eigenvalue weighted by molar-refractivity contribution is 5.92. The molecule has 2 heterocycles. The van der Waals surface area contributed by atoms with Gasteiger partial charge >= 0.3 is 0 Å². The van der Waals surface area contributed by atoms with Crippen LogP contribution in [0.5, 0.6) is 0 Å². The van der Waals surface area contributed by atoms with E-state index in [-0.39, 0.29) is 5.91 Å². The van der Waals surface area contributed by atoms with Crippen molar-refractivity contribution in [1.82, 2.24) is 19.6 Å². The maximum Gasteiger partial charge on any atom is 0.272 e. The third-order valence-electron chi connectivity index (χ3n) is 4.66. The molecule has 0 bridgehead atoms. The number of hydrogen-bond acceptors (Lipinski definition) is 3. The van der Waals surface area contributed by atoms with Crippen LogP contribution in [0.2, 0.25) is 0 Å². The normalized spacial score (nSPS) is 21.6. The van der Waals surface area contributed by atoms with Crippen LogP contribution in [0.25, 0.3) is 0 Å². The molecule has 0 unspecified atom stereocenters. The van der Waals surface area contributed by atoms with E-state index in [9.17, 15) is 4.79 Å². The molecule has 1 aromatic rings. The van der Waals surface area contributed by atoms with Gasteiger partial charge < -0.3 is 4.90 Å². The zero-order valence-electron chi connectivity index (χ0n) is 12.5. The molecule has 2 aliphatic rings. The first kappa shape index (κ1) is 13.6. The fourth-order valence-corrected chi connectivity index (χ4v) is 3.53. The SMILES string of the molecule is Cc1cc(C(=O)N2CCN(C3CCCC3)CC2)n(C)n1. The first-order valence-electron chi connectivity index (χ1n) is 7.69. The van der Waals surface area contributed by atoms with Crippen molar-refractivity contribution >= 4 is 5.91 Å². The number of amides is 1. The smallest absolute Gasteiger partial charge is 0.272 e. The van der Waals surface area contributed by atoms with Gasteiger partial charge in [0.25, 0.3) is 5.91 Å². The van der Waals surface area contributed by atoms with Gasteiger partial charge in [-0.15, -0.1) is 0 Å². The summed E-state index contributed by atoms with van der Waals surface area (Å²) in [7, 11) is 1.84. The summed E-state index contributed by atoms with van der Waals surface area (Å²) in [6, 6.07) is 2.65. The lowest BCUT2D eigenvalue weighted by molar-refractivity contribution is 0.0563. The lowest BCUT2D eigenvalue weighted by Crippen LogP contribution is -2.51. The molecule has 20 heavy (non-hydrogen) atoms. The molecule has 0 spiro atoms. The van der Waals surface area contributed by atoms with E-state index in [4.69, 9.17) is 0 Å². The molecule has 5 heteroatoms. The highest BCUT2D eigenvalue weighted by Gasteiger charge is 2.29. The van der Waals surface area contributed by atoms with Crippen LogP contribution in [0.1, 0.15) is 41.9 Å². The van der Waals surface area contributed by atoms with Crippen molar-refractivity contribution in [3.05, 3.63) is 17.5 Å². The van der Waals surface area contributed by atoms with E-state index >= 15 is 0 Å². The van der Waals surface area contributed by atoms with Crippen LogP contribution in [0.4, 0.5) is 0 Å². The van der Waals surface area contributed by atoms with Gasteiger partial charge in [0.15, 0.2) is 0 Å². The van der Waals surface area contributed by atoms with Crippen LogP contribution >= 0.6 is 0 Å². The predicted octanol–water partition coefficient (Wildman–Crippen LogP) is 1.43. The Kier molecular flexibility index (Phi) is 3.78. The van der Waals surface area contributed by atoms with E-state index in [1.165, 1.54) is 25.7 Å². The number of rotatable bonds is 2. The second-order valence-corrected chi connectivity index (χ2v) is 6.06. The van der Waals surface area contributed by atoms with E-state index in [1.54, 1.807) is 4.68 Å². The minimum atomic E-state index is 0.124. The quantitative estimate of drug-likeness (QED) is 0.820. The third kappa shape index (κ3) is 2.59. The second-order valence-electron chi connectivity index (χ2n) is 6.06. The Morgan fingerprint density at radius 2 is 1.85 bits per heavy atom. The van der Waals surface area contributed by atoms with Crippen LogP contribution < -0.4 is 0 Å². The minimum absolute atomic E-state index is 0.124. The molecule has 1 saturated heterocycles. The number of carbonyl (C=O) groups is 1.